The van der Waals surface area contributed by atoms with E-state index in [-0.39, 0.29) is 10.8 Å². The lowest BCUT2D eigenvalue weighted by Gasteiger charge is -2.26. The maximum atomic E-state index is 12.5. The Morgan fingerprint density at radius 2 is 0.750 bits per heavy atom. The topological polar surface area (TPSA) is 71.1 Å². The van der Waals surface area contributed by atoms with Crippen LogP contribution < -0.4 is 14.2 Å². The quantitative estimate of drug-likeness (QED) is 0.174. The minimum Gasteiger partial charge on any atom is -0.437 e. The minimum absolute atomic E-state index is 0.193. The van der Waals surface area contributed by atoms with E-state index in [1.807, 2.05) is 36.4 Å². The third-order valence-corrected chi connectivity index (χ3v) is 7.27. The Morgan fingerprint density at radius 1 is 0.475 bits per heavy atom. The molecule has 0 aliphatic heterocycles. The molecule has 40 heavy (non-hydrogen) atoms. The molecule has 0 aromatic heterocycles. The van der Waals surface area contributed by atoms with Crippen molar-refractivity contribution in [2.45, 2.75) is 45.4 Å². The van der Waals surface area contributed by atoms with Gasteiger partial charge in [-0.1, -0.05) is 93.9 Å². The van der Waals surface area contributed by atoms with Crippen molar-refractivity contribution in [1.82, 2.24) is 0 Å². The molecular formula is C34H34O6. The van der Waals surface area contributed by atoms with E-state index in [1.165, 1.54) is 18.2 Å². The molecule has 0 aliphatic carbocycles. The summed E-state index contributed by atoms with van der Waals surface area (Å²) in [6.45, 7) is 10.6. The minimum atomic E-state index is -0.807. The second-order valence-electron chi connectivity index (χ2n) is 10.7. The van der Waals surface area contributed by atoms with Crippen LogP contribution in [0.3, 0.4) is 0 Å². The summed E-state index contributed by atoms with van der Waals surface area (Å²) < 4.78 is 20.4. The highest BCUT2D eigenvalue weighted by molar-refractivity contribution is 5.67. The van der Waals surface area contributed by atoms with Crippen LogP contribution >= 0.6 is 0 Å². The summed E-state index contributed by atoms with van der Waals surface area (Å²) >= 11 is 0. The van der Waals surface area contributed by atoms with Crippen LogP contribution in [-0.4, -0.2) is 19.4 Å². The third kappa shape index (κ3) is 6.52. The van der Waals surface area contributed by atoms with Crippen molar-refractivity contribution in [2.75, 3.05) is 7.11 Å². The largest absolute Gasteiger partial charge is 0.519 e. The van der Waals surface area contributed by atoms with Gasteiger partial charge in [0.1, 0.15) is 17.2 Å². The summed E-state index contributed by atoms with van der Waals surface area (Å²) in [4.78, 5) is 23.8. The molecule has 0 saturated heterocycles. The van der Waals surface area contributed by atoms with Gasteiger partial charge >= 0.3 is 12.3 Å². The van der Waals surface area contributed by atoms with E-state index in [2.05, 4.69) is 63.6 Å². The molecule has 0 saturated carbocycles. The van der Waals surface area contributed by atoms with E-state index in [0.29, 0.717) is 17.2 Å². The van der Waals surface area contributed by atoms with E-state index in [1.54, 1.807) is 36.4 Å². The first-order chi connectivity index (χ1) is 19.0. The molecule has 206 valence electrons. The number of aryl methyl sites for hydroxylation is 1. The van der Waals surface area contributed by atoms with Crippen LogP contribution in [0.4, 0.5) is 9.59 Å². The maximum Gasteiger partial charge on any atom is 0.519 e. The molecule has 0 N–H and O–H groups in total. The lowest BCUT2D eigenvalue weighted by atomic mass is 9.78. The monoisotopic (exact) mass is 538 g/mol. The second-order valence-corrected chi connectivity index (χ2v) is 10.7. The van der Waals surface area contributed by atoms with Crippen molar-refractivity contribution >= 4 is 12.3 Å². The van der Waals surface area contributed by atoms with Crippen LogP contribution in [0.15, 0.2) is 97.1 Å². The van der Waals surface area contributed by atoms with Crippen molar-refractivity contribution in [3.63, 3.8) is 0 Å². The number of methoxy groups -OCH3 is 1. The number of benzene rings is 4. The van der Waals surface area contributed by atoms with Gasteiger partial charge in [0.15, 0.2) is 0 Å². The normalized spacial score (nSPS) is 11.4. The van der Waals surface area contributed by atoms with Gasteiger partial charge in [0.2, 0.25) is 0 Å². The van der Waals surface area contributed by atoms with Crippen molar-refractivity contribution in [1.29, 1.82) is 0 Å². The molecule has 0 bridgehead atoms. The van der Waals surface area contributed by atoms with E-state index in [9.17, 15) is 9.59 Å². The zero-order valence-corrected chi connectivity index (χ0v) is 23.7. The molecule has 0 unspecified atom stereocenters. The number of hydrogen-bond donors (Lipinski definition) is 0. The molecule has 4 rings (SSSR count). The summed E-state index contributed by atoms with van der Waals surface area (Å²) in [7, 11) is 1.26. The van der Waals surface area contributed by atoms with E-state index in [0.717, 1.165) is 16.7 Å². The molecule has 0 aliphatic rings. The van der Waals surface area contributed by atoms with Gasteiger partial charge in [-0.05, 0) is 65.6 Å². The standard InChI is InChI=1S/C34H34O6/c1-23-7-9-24(10-8-23)33(2,3)25-13-19-29(20-14-25)39-32(36)40-30-21-15-27(16-22-30)34(4,5)26-11-17-28(18-12-26)38-31(35)37-6/h7-22H,1-6H3. The second kappa shape index (κ2) is 11.7. The predicted molar refractivity (Wildman–Crippen MR) is 154 cm³/mol. The van der Waals surface area contributed by atoms with Gasteiger partial charge in [-0.15, -0.1) is 0 Å². The van der Waals surface area contributed by atoms with E-state index >= 15 is 0 Å². The lowest BCUT2D eigenvalue weighted by molar-refractivity contribution is 0.121. The molecule has 0 fully saturated rings. The fraction of sp³-hybridized carbons (Fsp3) is 0.235. The summed E-state index contributed by atoms with van der Waals surface area (Å²) in [5.74, 6) is 1.19. The van der Waals surface area contributed by atoms with Crippen molar-refractivity contribution in [3.05, 3.63) is 125 Å². The van der Waals surface area contributed by atoms with Gasteiger partial charge in [0.05, 0.1) is 7.11 Å². The molecule has 0 atom stereocenters. The van der Waals surface area contributed by atoms with Crippen molar-refractivity contribution < 1.29 is 28.5 Å². The molecule has 0 radical (unpaired) electrons. The number of hydrogen-bond acceptors (Lipinski definition) is 6. The fourth-order valence-corrected chi connectivity index (χ4v) is 4.47. The van der Waals surface area contributed by atoms with Crippen molar-refractivity contribution in [2.24, 2.45) is 0 Å². The SMILES string of the molecule is COC(=O)Oc1ccc(C(C)(C)c2ccc(OC(=O)Oc3ccc(C(C)(C)c4ccc(C)cc4)cc3)cc2)cc1. The fourth-order valence-electron chi connectivity index (χ4n) is 4.47. The lowest BCUT2D eigenvalue weighted by Crippen LogP contribution is -2.19. The first-order valence-electron chi connectivity index (χ1n) is 13.0. The van der Waals surface area contributed by atoms with Gasteiger partial charge < -0.3 is 18.9 Å². The summed E-state index contributed by atoms with van der Waals surface area (Å²) in [5.41, 5.74) is 5.04. The Balaban J connectivity index is 1.37. The van der Waals surface area contributed by atoms with Gasteiger partial charge in [-0.3, -0.25) is 0 Å². The van der Waals surface area contributed by atoms with Gasteiger partial charge in [-0.2, -0.15) is 0 Å². The molecular weight excluding hydrogens is 504 g/mol. The van der Waals surface area contributed by atoms with Crippen LogP contribution in [0.1, 0.15) is 55.5 Å². The van der Waals surface area contributed by atoms with Crippen LogP contribution in [0.25, 0.3) is 0 Å². The number of rotatable bonds is 7. The highest BCUT2D eigenvalue weighted by Crippen LogP contribution is 2.34. The van der Waals surface area contributed by atoms with Crippen LogP contribution in [-0.2, 0) is 15.6 Å². The van der Waals surface area contributed by atoms with Crippen molar-refractivity contribution in [3.8, 4) is 17.2 Å². The zero-order valence-electron chi connectivity index (χ0n) is 23.7. The number of ether oxygens (including phenoxy) is 4. The summed E-state index contributed by atoms with van der Waals surface area (Å²) in [6.07, 6.45) is -1.57. The average molecular weight is 539 g/mol. The molecule has 6 heteroatoms. The van der Waals surface area contributed by atoms with Gasteiger partial charge in [0.25, 0.3) is 0 Å². The molecule has 4 aromatic carbocycles. The zero-order chi connectivity index (χ0) is 28.9. The Labute approximate surface area is 235 Å². The van der Waals surface area contributed by atoms with Crippen LogP contribution in [0.2, 0.25) is 0 Å². The first-order valence-corrected chi connectivity index (χ1v) is 13.0. The summed E-state index contributed by atoms with van der Waals surface area (Å²) in [5, 5.41) is 0. The Kier molecular flexibility index (Phi) is 8.29. The first kappa shape index (κ1) is 28.4. The van der Waals surface area contributed by atoms with Crippen LogP contribution in [0.5, 0.6) is 17.2 Å². The molecule has 0 heterocycles. The van der Waals surface area contributed by atoms with E-state index < -0.39 is 12.3 Å². The Bertz CT molecular complexity index is 1450. The summed E-state index contributed by atoms with van der Waals surface area (Å²) in [6, 6.07) is 30.5. The Hall–Kier alpha value is -4.58. The highest BCUT2D eigenvalue weighted by atomic mass is 16.7. The third-order valence-electron chi connectivity index (χ3n) is 7.27. The Morgan fingerprint density at radius 3 is 1.05 bits per heavy atom. The average Bonchev–Trinajstić information content (AvgIpc) is 2.94. The predicted octanol–water partition coefficient (Wildman–Crippen LogP) is 8.37. The van der Waals surface area contributed by atoms with Gasteiger partial charge in [0, 0.05) is 10.8 Å². The number of carbonyl (C=O) groups excluding carboxylic acids is 2. The van der Waals surface area contributed by atoms with E-state index in [4.69, 9.17) is 14.2 Å². The van der Waals surface area contributed by atoms with Crippen LogP contribution in [0, 0.1) is 6.92 Å². The molecule has 4 aromatic rings. The molecule has 6 nitrogen and oxygen atoms in total. The smallest absolute Gasteiger partial charge is 0.437 e. The molecule has 0 amide bonds. The molecule has 0 spiro atoms. The number of carbonyl (C=O) groups is 2. The van der Waals surface area contributed by atoms with Gasteiger partial charge in [-0.25, -0.2) is 9.59 Å². The maximum absolute atomic E-state index is 12.5. The highest BCUT2D eigenvalue weighted by Gasteiger charge is 2.25.